The van der Waals surface area contributed by atoms with Crippen molar-refractivity contribution in [3.63, 3.8) is 0 Å². The third-order valence-corrected chi connectivity index (χ3v) is 4.04. The molecule has 1 unspecified atom stereocenters. The topological polar surface area (TPSA) is 66.8 Å². The quantitative estimate of drug-likeness (QED) is 0.785. The molecule has 0 saturated carbocycles. The highest BCUT2D eigenvalue weighted by molar-refractivity contribution is 8.05. The van der Waals surface area contributed by atoms with Crippen molar-refractivity contribution in [1.29, 1.82) is 0 Å². The molecule has 0 aromatic carbocycles. The fourth-order valence-corrected chi connectivity index (χ4v) is 3.32. The molecule has 2 aliphatic heterocycles. The van der Waals surface area contributed by atoms with E-state index in [1.165, 1.54) is 12.2 Å². The van der Waals surface area contributed by atoms with E-state index in [1.54, 1.807) is 0 Å². The van der Waals surface area contributed by atoms with E-state index >= 15 is 0 Å². The zero-order chi connectivity index (χ0) is 15.1. The Hall–Kier alpha value is -1.54. The van der Waals surface area contributed by atoms with Gasteiger partial charge in [0.15, 0.2) is 0 Å². The lowest BCUT2D eigenvalue weighted by Gasteiger charge is -2.41. The second kappa shape index (κ2) is 5.10. The standard InChI is InChI=1S/C11H8ClF2NO4S/c1-19-10(18)7-6(9(16)17)15-4-2-3-5(12)8(15)11(13,14)20-7/h2-4,8H,1H3,(H,16,17). The summed E-state index contributed by atoms with van der Waals surface area (Å²) in [6, 6.07) is -1.67. The van der Waals surface area contributed by atoms with Crippen LogP contribution in [0.15, 0.2) is 34.0 Å². The van der Waals surface area contributed by atoms with E-state index in [1.807, 2.05) is 0 Å². The number of carboxylic acids is 1. The molecule has 9 heteroatoms. The average molecular weight is 324 g/mol. The SMILES string of the molecule is COC(=O)C1=C(C(=O)O)N2C=CC=C(Cl)C2C(F)(F)S1. The predicted molar refractivity (Wildman–Crippen MR) is 67.9 cm³/mol. The number of methoxy groups -OCH3 is 1. The first kappa shape index (κ1) is 14.9. The molecule has 0 radical (unpaired) electrons. The summed E-state index contributed by atoms with van der Waals surface area (Å²) in [7, 11) is 0.985. The molecule has 0 fully saturated rings. The molecular formula is C11H8ClF2NO4S. The molecule has 20 heavy (non-hydrogen) atoms. The molecule has 2 aliphatic rings. The summed E-state index contributed by atoms with van der Waals surface area (Å²) < 4.78 is 32.6. The van der Waals surface area contributed by atoms with Gasteiger partial charge in [-0.3, -0.25) is 0 Å². The van der Waals surface area contributed by atoms with Gasteiger partial charge in [0, 0.05) is 11.2 Å². The maximum atomic E-state index is 14.1. The number of halogens is 3. The van der Waals surface area contributed by atoms with Crippen LogP contribution in [0.4, 0.5) is 8.78 Å². The number of carboxylic acid groups (broad SMARTS) is 1. The minimum atomic E-state index is -3.47. The third kappa shape index (κ3) is 2.29. The average Bonchev–Trinajstić information content (AvgIpc) is 2.35. The van der Waals surface area contributed by atoms with Crippen molar-refractivity contribution < 1.29 is 28.2 Å². The minimum absolute atomic E-state index is 0.163. The molecule has 0 aromatic rings. The normalized spacial score (nSPS) is 24.1. The lowest BCUT2D eigenvalue weighted by molar-refractivity contribution is -0.139. The smallest absolute Gasteiger partial charge is 0.354 e. The second-order valence-electron chi connectivity index (χ2n) is 3.84. The first-order valence-corrected chi connectivity index (χ1v) is 6.44. The van der Waals surface area contributed by atoms with Crippen LogP contribution in [0.5, 0.6) is 0 Å². The maximum Gasteiger partial charge on any atom is 0.354 e. The number of carbonyl (C=O) groups is 2. The Morgan fingerprint density at radius 2 is 2.20 bits per heavy atom. The van der Waals surface area contributed by atoms with E-state index in [0.717, 1.165) is 18.2 Å². The van der Waals surface area contributed by atoms with Crippen LogP contribution in [0.3, 0.4) is 0 Å². The Morgan fingerprint density at radius 3 is 2.75 bits per heavy atom. The number of alkyl halides is 2. The monoisotopic (exact) mass is 323 g/mol. The summed E-state index contributed by atoms with van der Waals surface area (Å²) in [6.45, 7) is 0. The zero-order valence-electron chi connectivity index (χ0n) is 9.97. The molecule has 0 bridgehead atoms. The van der Waals surface area contributed by atoms with E-state index in [9.17, 15) is 23.5 Å². The van der Waals surface area contributed by atoms with Crippen LogP contribution in [-0.2, 0) is 14.3 Å². The molecule has 0 saturated heterocycles. The Morgan fingerprint density at radius 1 is 1.55 bits per heavy atom. The molecule has 0 amide bonds. The van der Waals surface area contributed by atoms with Crippen molar-refractivity contribution in [2.75, 3.05) is 7.11 Å². The van der Waals surface area contributed by atoms with Gasteiger partial charge >= 0.3 is 17.2 Å². The summed E-state index contributed by atoms with van der Waals surface area (Å²) in [4.78, 5) is 22.9. The number of fused-ring (bicyclic) bond motifs is 1. The molecule has 2 heterocycles. The second-order valence-corrected chi connectivity index (χ2v) is 5.43. The number of carbonyl (C=O) groups excluding carboxylic acids is 1. The zero-order valence-corrected chi connectivity index (χ0v) is 11.5. The van der Waals surface area contributed by atoms with Crippen LogP contribution in [0.1, 0.15) is 0 Å². The first-order chi connectivity index (χ1) is 9.29. The van der Waals surface area contributed by atoms with Crippen molar-refractivity contribution in [2.45, 2.75) is 11.3 Å². The van der Waals surface area contributed by atoms with E-state index in [-0.39, 0.29) is 16.8 Å². The lowest BCUT2D eigenvalue weighted by Crippen LogP contribution is -2.49. The number of ether oxygens (including phenoxy) is 1. The summed E-state index contributed by atoms with van der Waals surface area (Å²) in [6.07, 6.45) is 3.71. The van der Waals surface area contributed by atoms with Crippen LogP contribution < -0.4 is 0 Å². The first-order valence-electron chi connectivity index (χ1n) is 5.24. The van der Waals surface area contributed by atoms with Gasteiger partial charge in [-0.2, -0.15) is 8.78 Å². The van der Waals surface area contributed by atoms with Crippen molar-refractivity contribution in [1.82, 2.24) is 4.90 Å². The fraction of sp³-hybridized carbons (Fsp3) is 0.273. The van der Waals surface area contributed by atoms with Crippen molar-refractivity contribution in [3.05, 3.63) is 34.0 Å². The van der Waals surface area contributed by atoms with Gasteiger partial charge in [-0.25, -0.2) is 9.59 Å². The molecular weight excluding hydrogens is 316 g/mol. The van der Waals surface area contributed by atoms with E-state index in [4.69, 9.17) is 11.6 Å². The lowest BCUT2D eigenvalue weighted by atomic mass is 10.1. The molecule has 5 nitrogen and oxygen atoms in total. The third-order valence-electron chi connectivity index (χ3n) is 2.64. The number of hydrogen-bond acceptors (Lipinski definition) is 5. The Bertz CT molecular complexity index is 573. The number of hydrogen-bond donors (Lipinski definition) is 1. The van der Waals surface area contributed by atoms with E-state index < -0.39 is 33.8 Å². The highest BCUT2D eigenvalue weighted by Crippen LogP contribution is 2.50. The summed E-state index contributed by atoms with van der Waals surface area (Å²) in [5, 5.41) is 5.50. The van der Waals surface area contributed by atoms with Crippen molar-refractivity contribution >= 4 is 35.3 Å². The number of thioether (sulfide) groups is 1. The summed E-state index contributed by atoms with van der Waals surface area (Å²) >= 11 is 5.59. The van der Waals surface area contributed by atoms with Gasteiger partial charge in [0.25, 0.3) is 0 Å². The molecule has 0 spiro atoms. The van der Waals surface area contributed by atoms with Crippen LogP contribution in [0, 0.1) is 0 Å². The number of esters is 1. The van der Waals surface area contributed by atoms with Crippen molar-refractivity contribution in [2.24, 2.45) is 0 Å². The highest BCUT2D eigenvalue weighted by atomic mass is 35.5. The molecule has 108 valence electrons. The van der Waals surface area contributed by atoms with Gasteiger partial charge in [0.2, 0.25) is 0 Å². The minimum Gasteiger partial charge on any atom is -0.477 e. The van der Waals surface area contributed by atoms with Gasteiger partial charge in [-0.05, 0) is 23.9 Å². The van der Waals surface area contributed by atoms with Crippen molar-refractivity contribution in [3.8, 4) is 0 Å². The van der Waals surface area contributed by atoms with Gasteiger partial charge in [-0.15, -0.1) is 0 Å². The van der Waals surface area contributed by atoms with Gasteiger partial charge in [-0.1, -0.05) is 11.6 Å². The van der Waals surface area contributed by atoms with Gasteiger partial charge in [0.05, 0.1) is 7.11 Å². The summed E-state index contributed by atoms with van der Waals surface area (Å²) in [5.74, 6) is -2.65. The van der Waals surface area contributed by atoms with Crippen LogP contribution in [0.2, 0.25) is 0 Å². The van der Waals surface area contributed by atoms with E-state index in [2.05, 4.69) is 4.74 Å². The number of allylic oxidation sites excluding steroid dienone is 2. The Balaban J connectivity index is 2.63. The predicted octanol–water partition coefficient (Wildman–Crippen LogP) is 2.12. The number of nitrogens with zero attached hydrogens (tertiary/aromatic N) is 1. The Labute approximate surface area is 121 Å². The van der Waals surface area contributed by atoms with Gasteiger partial charge in [0.1, 0.15) is 16.6 Å². The molecule has 2 rings (SSSR count). The molecule has 1 atom stereocenters. The largest absolute Gasteiger partial charge is 0.477 e. The number of rotatable bonds is 2. The Kier molecular flexibility index (Phi) is 3.79. The summed E-state index contributed by atoms with van der Waals surface area (Å²) in [5.41, 5.74) is -0.583. The van der Waals surface area contributed by atoms with Gasteiger partial charge < -0.3 is 14.7 Å². The molecule has 1 N–H and O–H groups in total. The fourth-order valence-electron chi connectivity index (χ4n) is 1.86. The maximum absolute atomic E-state index is 14.1. The number of aliphatic carboxylic acids is 1. The van der Waals surface area contributed by atoms with Crippen LogP contribution in [-0.4, -0.2) is 40.4 Å². The van der Waals surface area contributed by atoms with Crippen LogP contribution >= 0.6 is 23.4 Å². The van der Waals surface area contributed by atoms with E-state index in [0.29, 0.717) is 0 Å². The highest BCUT2D eigenvalue weighted by Gasteiger charge is 2.54. The molecule has 0 aliphatic carbocycles. The van der Waals surface area contributed by atoms with Crippen LogP contribution in [0.25, 0.3) is 0 Å². The molecule has 0 aromatic heterocycles.